The van der Waals surface area contributed by atoms with Gasteiger partial charge < -0.3 is 26.4 Å². The molecular weight excluding hydrogens is 609 g/mol. The highest BCUT2D eigenvalue weighted by Gasteiger charge is 2.36. The summed E-state index contributed by atoms with van der Waals surface area (Å²) in [6, 6.07) is 8.55. The van der Waals surface area contributed by atoms with Crippen molar-refractivity contribution in [3.8, 4) is 0 Å². The van der Waals surface area contributed by atoms with Crippen LogP contribution < -0.4 is 21.3 Å². The second-order valence-electron chi connectivity index (χ2n) is 11.5. The summed E-state index contributed by atoms with van der Waals surface area (Å²) < 4.78 is 39.1. The van der Waals surface area contributed by atoms with Gasteiger partial charge in [0.1, 0.15) is 17.6 Å². The first-order valence-electron chi connectivity index (χ1n) is 14.6. The van der Waals surface area contributed by atoms with Crippen LogP contribution >= 0.6 is 0 Å². The van der Waals surface area contributed by atoms with Crippen LogP contribution in [-0.4, -0.2) is 64.2 Å². The van der Waals surface area contributed by atoms with Crippen molar-refractivity contribution in [2.24, 2.45) is 5.92 Å². The number of aliphatic carboxylic acids is 1. The molecule has 4 unspecified atom stereocenters. The van der Waals surface area contributed by atoms with Gasteiger partial charge in [0.05, 0.1) is 18.0 Å². The van der Waals surface area contributed by atoms with E-state index in [0.29, 0.717) is 12.0 Å². The number of carbonyl (C=O) groups excluding carboxylic acids is 5. The zero-order valence-electron chi connectivity index (χ0n) is 26.2. The minimum absolute atomic E-state index is 0.105. The molecule has 250 valence electrons. The van der Waals surface area contributed by atoms with E-state index in [1.807, 2.05) is 0 Å². The number of hydrogen-bond donors (Lipinski definition) is 5. The third-order valence-corrected chi connectivity index (χ3v) is 7.31. The van der Waals surface area contributed by atoms with Gasteiger partial charge in [0.2, 0.25) is 23.5 Å². The first-order chi connectivity index (χ1) is 21.3. The highest BCUT2D eigenvalue weighted by Crippen LogP contribution is 2.29. The average molecular weight is 649 g/mol. The summed E-state index contributed by atoms with van der Waals surface area (Å²) in [6.45, 7) is 7.08. The molecule has 0 fully saturated rings. The van der Waals surface area contributed by atoms with Crippen molar-refractivity contribution in [2.75, 3.05) is 0 Å². The van der Waals surface area contributed by atoms with E-state index in [0.717, 1.165) is 12.1 Å². The number of amides is 4. The number of benzene rings is 2. The second kappa shape index (κ2) is 16.0. The van der Waals surface area contributed by atoms with Crippen molar-refractivity contribution in [3.63, 3.8) is 0 Å². The summed E-state index contributed by atoms with van der Waals surface area (Å²) in [6.07, 6.45) is -4.52. The van der Waals surface area contributed by atoms with E-state index in [9.17, 15) is 47.0 Å². The van der Waals surface area contributed by atoms with Crippen LogP contribution in [0.4, 0.5) is 13.2 Å². The average Bonchev–Trinajstić information content (AvgIpc) is 2.98. The molecule has 4 amide bonds. The summed E-state index contributed by atoms with van der Waals surface area (Å²) in [5.41, 5.74) is -1.63. The molecule has 4 atom stereocenters. The molecule has 0 heterocycles. The number of alkyl halides is 3. The smallest absolute Gasteiger partial charge is 0.416 e. The number of halogens is 3. The summed E-state index contributed by atoms with van der Waals surface area (Å²) in [4.78, 5) is 76.3. The van der Waals surface area contributed by atoms with Crippen molar-refractivity contribution < 1.29 is 47.0 Å². The van der Waals surface area contributed by atoms with Gasteiger partial charge in [-0.25, -0.2) is 4.79 Å². The molecule has 0 aliphatic rings. The summed E-state index contributed by atoms with van der Waals surface area (Å²) in [5, 5.41) is 18.9. The highest BCUT2D eigenvalue weighted by molar-refractivity contribution is 6.38. The lowest BCUT2D eigenvalue weighted by molar-refractivity contribution is -0.147. The number of Topliss-reactive ketones (excluding diaryl/α,β-unsaturated/α-hetero) is 1. The van der Waals surface area contributed by atoms with E-state index in [-0.39, 0.29) is 18.4 Å². The largest absolute Gasteiger partial charge is 0.480 e. The van der Waals surface area contributed by atoms with Gasteiger partial charge in [0.25, 0.3) is 5.91 Å². The fraction of sp³-hybridized carbons (Fsp3) is 0.438. The van der Waals surface area contributed by atoms with Crippen LogP contribution in [-0.2, 0) is 47.8 Å². The van der Waals surface area contributed by atoms with Gasteiger partial charge >= 0.3 is 12.1 Å². The van der Waals surface area contributed by atoms with Gasteiger partial charge in [-0.3, -0.25) is 24.0 Å². The lowest BCUT2D eigenvalue weighted by Crippen LogP contribution is -2.60. The van der Waals surface area contributed by atoms with E-state index in [1.54, 1.807) is 44.2 Å². The Morgan fingerprint density at radius 3 is 1.91 bits per heavy atom. The summed E-state index contributed by atoms with van der Waals surface area (Å²) >= 11 is 0. The molecule has 0 aliphatic heterocycles. The van der Waals surface area contributed by atoms with Crippen LogP contribution in [0, 0.1) is 5.92 Å². The Morgan fingerprint density at radius 2 is 1.39 bits per heavy atom. The molecule has 0 radical (unpaired) electrons. The molecule has 0 saturated carbocycles. The minimum Gasteiger partial charge on any atom is -0.480 e. The molecule has 0 aliphatic carbocycles. The zero-order valence-corrected chi connectivity index (χ0v) is 26.2. The molecule has 11 nitrogen and oxygen atoms in total. The maximum atomic E-state index is 13.3. The van der Waals surface area contributed by atoms with Crippen molar-refractivity contribution in [2.45, 2.75) is 83.7 Å². The van der Waals surface area contributed by atoms with E-state index in [2.05, 4.69) is 21.3 Å². The third kappa shape index (κ3) is 11.0. The van der Waals surface area contributed by atoms with Gasteiger partial charge in [0.15, 0.2) is 0 Å². The van der Waals surface area contributed by atoms with Crippen molar-refractivity contribution >= 4 is 35.4 Å². The van der Waals surface area contributed by atoms with Gasteiger partial charge in [-0.15, -0.1) is 0 Å². The van der Waals surface area contributed by atoms with Crippen molar-refractivity contribution in [1.82, 2.24) is 21.3 Å². The molecule has 0 bridgehead atoms. The Hall–Kier alpha value is -4.75. The number of carbonyl (C=O) groups is 6. The van der Waals surface area contributed by atoms with Crippen LogP contribution in [0.2, 0.25) is 0 Å². The minimum atomic E-state index is -4.57. The standard InChI is InChI=1S/C32H39F3N4O7/c1-6-18(2)25(28(43)39-31(4,5)30(45)46)38-29(44)26(41)19(3)36-27(42)23(37-24(40)17-20-10-8-7-9-11-20)16-21-12-14-22(15-13-21)32(33,34)35/h7-15,18-19,23,25H,6,16-17H2,1-5H3,(H,36,42)(H,37,40)(H,38,44)(H,39,43)(H,45,46). The van der Waals surface area contributed by atoms with Crippen LogP contribution in [0.3, 0.4) is 0 Å². The number of hydrogen-bond acceptors (Lipinski definition) is 6. The Bertz CT molecular complexity index is 1410. The molecule has 5 N–H and O–H groups in total. The topological polar surface area (TPSA) is 171 Å². The molecular formula is C32H39F3N4O7. The van der Waals surface area contributed by atoms with Crippen LogP contribution in [0.1, 0.15) is 57.7 Å². The predicted octanol–water partition coefficient (Wildman–Crippen LogP) is 2.56. The Kier molecular flexibility index (Phi) is 13.0. The van der Waals surface area contributed by atoms with E-state index >= 15 is 0 Å². The molecule has 0 aromatic heterocycles. The monoisotopic (exact) mass is 648 g/mol. The fourth-order valence-corrected chi connectivity index (χ4v) is 4.23. The van der Waals surface area contributed by atoms with E-state index < -0.39 is 76.7 Å². The molecule has 14 heteroatoms. The third-order valence-electron chi connectivity index (χ3n) is 7.31. The van der Waals surface area contributed by atoms with Gasteiger partial charge in [-0.2, -0.15) is 13.2 Å². The molecule has 2 aromatic carbocycles. The predicted molar refractivity (Wildman–Crippen MR) is 161 cm³/mol. The molecule has 2 rings (SSSR count). The number of ketones is 1. The second-order valence-corrected chi connectivity index (χ2v) is 11.5. The van der Waals surface area contributed by atoms with Gasteiger partial charge in [-0.1, -0.05) is 62.7 Å². The molecule has 2 aromatic rings. The number of carboxylic acid groups (broad SMARTS) is 1. The van der Waals surface area contributed by atoms with Crippen LogP contribution in [0.25, 0.3) is 0 Å². The van der Waals surface area contributed by atoms with Crippen molar-refractivity contribution in [1.29, 1.82) is 0 Å². The van der Waals surface area contributed by atoms with Crippen molar-refractivity contribution in [3.05, 3.63) is 71.3 Å². The number of carboxylic acids is 1. The first kappa shape index (κ1) is 37.4. The van der Waals surface area contributed by atoms with E-state index in [1.165, 1.54) is 32.9 Å². The molecule has 0 saturated heterocycles. The fourth-order valence-electron chi connectivity index (χ4n) is 4.23. The maximum absolute atomic E-state index is 13.3. The molecule has 46 heavy (non-hydrogen) atoms. The SMILES string of the molecule is CCC(C)C(NC(=O)C(=O)C(C)NC(=O)C(Cc1ccc(C(F)(F)F)cc1)NC(=O)Cc1ccccc1)C(=O)NC(C)(C)C(=O)O. The van der Waals surface area contributed by atoms with E-state index in [4.69, 9.17) is 0 Å². The normalized spacial score (nSPS) is 14.2. The Balaban J connectivity index is 2.20. The zero-order chi connectivity index (χ0) is 34.8. The lowest BCUT2D eigenvalue weighted by atomic mass is 9.96. The van der Waals surface area contributed by atoms with Gasteiger partial charge in [0, 0.05) is 6.42 Å². The quantitative estimate of drug-likeness (QED) is 0.185. The number of rotatable bonds is 15. The van der Waals surface area contributed by atoms with Crippen LogP contribution in [0.5, 0.6) is 0 Å². The van der Waals surface area contributed by atoms with Gasteiger partial charge in [-0.05, 0) is 49.9 Å². The lowest BCUT2D eigenvalue weighted by Gasteiger charge is -2.28. The Labute approximate surface area is 264 Å². The van der Waals surface area contributed by atoms with Crippen LogP contribution in [0.15, 0.2) is 54.6 Å². The number of nitrogens with one attached hydrogen (secondary N) is 4. The maximum Gasteiger partial charge on any atom is 0.416 e. The first-order valence-corrected chi connectivity index (χ1v) is 14.6. The summed E-state index contributed by atoms with van der Waals surface area (Å²) in [7, 11) is 0. The molecule has 0 spiro atoms. The highest BCUT2D eigenvalue weighted by atomic mass is 19.4. The Morgan fingerprint density at radius 1 is 0.804 bits per heavy atom. The summed E-state index contributed by atoms with van der Waals surface area (Å²) in [5.74, 6) is -6.43.